The highest BCUT2D eigenvalue weighted by molar-refractivity contribution is 7.16. The lowest BCUT2D eigenvalue weighted by atomic mass is 10.2. The number of carbonyl (C=O) groups excluding carboxylic acids is 3. The Hall–Kier alpha value is -2.98. The van der Waals surface area contributed by atoms with Gasteiger partial charge in [0.2, 0.25) is 5.78 Å². The maximum Gasteiger partial charge on any atom is 0.416 e. The molecule has 2 amide bonds. The molecule has 0 unspecified atom stereocenters. The zero-order valence-corrected chi connectivity index (χ0v) is 16.2. The van der Waals surface area contributed by atoms with Crippen molar-refractivity contribution in [2.24, 2.45) is 0 Å². The van der Waals surface area contributed by atoms with E-state index in [9.17, 15) is 27.6 Å². The van der Waals surface area contributed by atoms with E-state index in [0.717, 1.165) is 24.3 Å². The third-order valence-corrected chi connectivity index (χ3v) is 5.68. The smallest absolute Gasteiger partial charge is 0.343 e. The first-order valence-electron chi connectivity index (χ1n) is 8.17. The fourth-order valence-corrected chi connectivity index (χ4v) is 3.95. The van der Waals surface area contributed by atoms with E-state index < -0.39 is 23.6 Å². The Kier molecular flexibility index (Phi) is 6.14. The zero-order chi connectivity index (χ0) is 21.0. The van der Waals surface area contributed by atoms with E-state index in [2.05, 4.69) is 10.6 Å². The van der Waals surface area contributed by atoms with Crippen molar-refractivity contribution in [1.82, 2.24) is 5.32 Å². The molecule has 10 heteroatoms. The van der Waals surface area contributed by atoms with E-state index in [-0.39, 0.29) is 18.0 Å². The van der Waals surface area contributed by atoms with Crippen LogP contribution in [0, 0.1) is 0 Å². The van der Waals surface area contributed by atoms with Gasteiger partial charge in [-0.05, 0) is 47.8 Å². The number of alkyl halides is 3. The molecule has 3 rings (SSSR count). The molecule has 0 spiro atoms. The van der Waals surface area contributed by atoms with Crippen LogP contribution >= 0.6 is 22.7 Å². The van der Waals surface area contributed by atoms with Crippen LogP contribution in [-0.4, -0.2) is 17.6 Å². The summed E-state index contributed by atoms with van der Waals surface area (Å²) in [4.78, 5) is 37.9. The number of carbonyl (C=O) groups is 3. The Morgan fingerprint density at radius 1 is 0.897 bits per heavy atom. The minimum Gasteiger partial charge on any atom is -0.343 e. The molecule has 0 aliphatic heterocycles. The Bertz CT molecular complexity index is 1030. The number of hydrogen-bond acceptors (Lipinski definition) is 5. The summed E-state index contributed by atoms with van der Waals surface area (Å²) in [6.07, 6.45) is -4.48. The number of amides is 2. The average molecular weight is 438 g/mol. The van der Waals surface area contributed by atoms with E-state index >= 15 is 0 Å². The van der Waals surface area contributed by atoms with Crippen LogP contribution in [-0.2, 0) is 22.3 Å². The molecular formula is C19H13F3N2O3S2. The normalized spacial score (nSPS) is 11.1. The molecule has 2 heterocycles. The van der Waals surface area contributed by atoms with Crippen LogP contribution in [0.1, 0.15) is 25.0 Å². The van der Waals surface area contributed by atoms with E-state index in [1.807, 2.05) is 0 Å². The van der Waals surface area contributed by atoms with E-state index in [1.165, 1.54) is 22.7 Å². The zero-order valence-electron chi connectivity index (χ0n) is 14.6. The Balaban J connectivity index is 1.53. The summed E-state index contributed by atoms with van der Waals surface area (Å²) in [5.41, 5.74) is -0.788. The van der Waals surface area contributed by atoms with Crippen molar-refractivity contribution in [3.05, 3.63) is 74.1 Å². The fourth-order valence-electron chi connectivity index (χ4n) is 2.30. The molecule has 5 nitrogen and oxygen atoms in total. The molecule has 0 fully saturated rings. The van der Waals surface area contributed by atoms with Gasteiger partial charge in [-0.2, -0.15) is 13.2 Å². The Labute approximate surface area is 171 Å². The van der Waals surface area contributed by atoms with Crippen molar-refractivity contribution >= 4 is 46.0 Å². The summed E-state index contributed by atoms with van der Waals surface area (Å²) < 4.78 is 37.6. The average Bonchev–Trinajstić information content (AvgIpc) is 3.37. The van der Waals surface area contributed by atoms with Gasteiger partial charge in [0.15, 0.2) is 0 Å². The SMILES string of the molecule is O=C(NCc1ccc(C(=O)c2cccs2)s1)C(=O)Nc1ccc(C(F)(F)F)cc1. The summed E-state index contributed by atoms with van der Waals surface area (Å²) in [5.74, 6) is -2.05. The molecule has 29 heavy (non-hydrogen) atoms. The second-order valence-corrected chi connectivity index (χ2v) is 7.90. The van der Waals surface area contributed by atoms with Gasteiger partial charge in [-0.1, -0.05) is 6.07 Å². The van der Waals surface area contributed by atoms with Gasteiger partial charge < -0.3 is 10.6 Å². The quantitative estimate of drug-likeness (QED) is 0.460. The second-order valence-electron chi connectivity index (χ2n) is 5.78. The van der Waals surface area contributed by atoms with Crippen molar-refractivity contribution in [3.8, 4) is 0 Å². The van der Waals surface area contributed by atoms with E-state index in [0.29, 0.717) is 14.6 Å². The minimum absolute atomic E-state index is 0.0433. The molecule has 3 aromatic rings. The molecule has 2 N–H and O–H groups in total. The van der Waals surface area contributed by atoms with Crippen molar-refractivity contribution in [2.75, 3.05) is 5.32 Å². The lowest BCUT2D eigenvalue weighted by Crippen LogP contribution is -2.34. The Morgan fingerprint density at radius 2 is 1.62 bits per heavy atom. The van der Waals surface area contributed by atoms with Gasteiger partial charge in [-0.25, -0.2) is 0 Å². The molecule has 0 aliphatic carbocycles. The maximum absolute atomic E-state index is 12.5. The third-order valence-electron chi connectivity index (χ3n) is 3.73. The number of rotatable bonds is 5. The highest BCUT2D eigenvalue weighted by atomic mass is 32.1. The van der Waals surface area contributed by atoms with Crippen LogP contribution in [0.15, 0.2) is 53.9 Å². The van der Waals surface area contributed by atoms with Gasteiger partial charge >= 0.3 is 18.0 Å². The van der Waals surface area contributed by atoms with Gasteiger partial charge in [-0.3, -0.25) is 14.4 Å². The summed E-state index contributed by atoms with van der Waals surface area (Å²) in [5, 5.41) is 6.45. The summed E-state index contributed by atoms with van der Waals surface area (Å²) in [6, 6.07) is 10.6. The van der Waals surface area contributed by atoms with Crippen LogP contribution in [0.4, 0.5) is 18.9 Å². The molecule has 0 saturated heterocycles. The first kappa shape index (κ1) is 20.7. The summed E-state index contributed by atoms with van der Waals surface area (Å²) in [6.45, 7) is 0.0433. The van der Waals surface area contributed by atoms with Gasteiger partial charge in [0.1, 0.15) is 0 Å². The molecule has 150 valence electrons. The Morgan fingerprint density at radius 3 is 2.24 bits per heavy atom. The van der Waals surface area contributed by atoms with Crippen LogP contribution in [0.5, 0.6) is 0 Å². The predicted molar refractivity (Wildman–Crippen MR) is 104 cm³/mol. The molecule has 1 aromatic carbocycles. The summed E-state index contributed by atoms with van der Waals surface area (Å²) >= 11 is 2.54. The number of ketones is 1. The van der Waals surface area contributed by atoms with Gasteiger partial charge in [0, 0.05) is 10.6 Å². The number of benzene rings is 1. The molecule has 0 atom stereocenters. The van der Waals surface area contributed by atoms with Crippen LogP contribution in [0.3, 0.4) is 0 Å². The van der Waals surface area contributed by atoms with Crippen molar-refractivity contribution in [2.45, 2.75) is 12.7 Å². The van der Waals surface area contributed by atoms with Crippen LogP contribution < -0.4 is 10.6 Å². The largest absolute Gasteiger partial charge is 0.416 e. The molecule has 0 saturated carbocycles. The predicted octanol–water partition coefficient (Wildman–Crippen LogP) is 4.31. The lowest BCUT2D eigenvalue weighted by molar-refractivity contribution is -0.137. The number of hydrogen-bond donors (Lipinski definition) is 2. The molecule has 0 bridgehead atoms. The molecule has 2 aromatic heterocycles. The second kappa shape index (κ2) is 8.58. The van der Waals surface area contributed by atoms with Crippen LogP contribution in [0.2, 0.25) is 0 Å². The highest BCUT2D eigenvalue weighted by Gasteiger charge is 2.30. The third kappa shape index (κ3) is 5.30. The number of nitrogens with one attached hydrogen (secondary N) is 2. The first-order valence-corrected chi connectivity index (χ1v) is 9.87. The van der Waals surface area contributed by atoms with Crippen molar-refractivity contribution in [3.63, 3.8) is 0 Å². The molecular weight excluding hydrogens is 425 g/mol. The van der Waals surface area contributed by atoms with Gasteiger partial charge in [0.25, 0.3) is 0 Å². The number of halogens is 3. The van der Waals surface area contributed by atoms with Crippen LogP contribution in [0.25, 0.3) is 0 Å². The fraction of sp³-hybridized carbons (Fsp3) is 0.105. The van der Waals surface area contributed by atoms with E-state index in [4.69, 9.17) is 0 Å². The molecule has 0 radical (unpaired) electrons. The number of anilines is 1. The number of thiophene rings is 2. The molecule has 0 aliphatic rings. The van der Waals surface area contributed by atoms with Gasteiger partial charge in [-0.15, -0.1) is 22.7 Å². The van der Waals surface area contributed by atoms with Crippen molar-refractivity contribution in [1.29, 1.82) is 0 Å². The maximum atomic E-state index is 12.5. The van der Waals surface area contributed by atoms with E-state index in [1.54, 1.807) is 29.6 Å². The first-order chi connectivity index (χ1) is 13.7. The minimum atomic E-state index is -4.48. The lowest BCUT2D eigenvalue weighted by Gasteiger charge is -2.08. The monoisotopic (exact) mass is 438 g/mol. The topological polar surface area (TPSA) is 75.3 Å². The summed E-state index contributed by atoms with van der Waals surface area (Å²) in [7, 11) is 0. The highest BCUT2D eigenvalue weighted by Crippen LogP contribution is 2.29. The van der Waals surface area contributed by atoms with Crippen molar-refractivity contribution < 1.29 is 27.6 Å². The standard InChI is InChI=1S/C19H13F3N2O3S2/c20-19(21,22)11-3-5-12(6-4-11)24-18(27)17(26)23-10-13-7-8-15(29-13)16(25)14-2-1-9-28-14/h1-9H,10H2,(H,23,26)(H,24,27). The van der Waals surface area contributed by atoms with Gasteiger partial charge in [0.05, 0.1) is 21.9 Å².